The van der Waals surface area contributed by atoms with E-state index in [9.17, 15) is 9.90 Å². The molecule has 3 aromatic heterocycles. The van der Waals surface area contributed by atoms with E-state index in [1.54, 1.807) is 7.11 Å². The Morgan fingerprint density at radius 3 is 2.60 bits per heavy atom. The number of aliphatic hydroxyl groups excluding tert-OH is 1. The summed E-state index contributed by atoms with van der Waals surface area (Å²) in [5.74, 6) is 3.39. The summed E-state index contributed by atoms with van der Waals surface area (Å²) >= 11 is 0. The number of rotatable bonds is 6. The maximum absolute atomic E-state index is 13.6. The summed E-state index contributed by atoms with van der Waals surface area (Å²) in [6.45, 7) is 2.85. The molecule has 1 aromatic carbocycles. The maximum atomic E-state index is 13.6. The lowest BCUT2D eigenvalue weighted by Crippen LogP contribution is -2.51. The molecule has 10 heteroatoms. The van der Waals surface area contributed by atoms with E-state index in [0.29, 0.717) is 36.2 Å². The summed E-state index contributed by atoms with van der Waals surface area (Å²) in [7, 11) is 3.65. The topological polar surface area (TPSA) is 115 Å². The van der Waals surface area contributed by atoms with E-state index in [2.05, 4.69) is 26.2 Å². The van der Waals surface area contributed by atoms with Gasteiger partial charge in [-0.25, -0.2) is 9.97 Å². The number of likely N-dealkylation sites (tertiary alicyclic amines) is 1. The van der Waals surface area contributed by atoms with Crippen LogP contribution in [0, 0.1) is 11.8 Å². The summed E-state index contributed by atoms with van der Waals surface area (Å²) in [5, 5.41) is 10.9. The molecule has 3 atom stereocenters. The van der Waals surface area contributed by atoms with Crippen molar-refractivity contribution >= 4 is 33.8 Å². The fourth-order valence-electron chi connectivity index (χ4n) is 7.13. The van der Waals surface area contributed by atoms with Gasteiger partial charge in [-0.2, -0.15) is 0 Å². The zero-order valence-corrected chi connectivity index (χ0v) is 23.0. The number of nitrogens with zero attached hydrogens (tertiary/aromatic N) is 6. The minimum Gasteiger partial charge on any atom is -0.494 e. The Morgan fingerprint density at radius 2 is 1.93 bits per heavy atom. The van der Waals surface area contributed by atoms with E-state index in [1.807, 2.05) is 30.1 Å². The van der Waals surface area contributed by atoms with Gasteiger partial charge >= 0.3 is 0 Å². The zero-order valence-electron chi connectivity index (χ0n) is 23.0. The van der Waals surface area contributed by atoms with Crippen LogP contribution in [-0.4, -0.2) is 79.9 Å². The van der Waals surface area contributed by atoms with Gasteiger partial charge in [-0.3, -0.25) is 4.79 Å². The second-order valence-corrected chi connectivity index (χ2v) is 12.2. The Bertz CT molecular complexity index is 1670. The number of imidazole rings is 1. The number of ether oxygens (including phenoxy) is 1. The van der Waals surface area contributed by atoms with Gasteiger partial charge < -0.3 is 34.5 Å². The van der Waals surface area contributed by atoms with Crippen LogP contribution in [0.5, 0.6) is 5.75 Å². The van der Waals surface area contributed by atoms with Gasteiger partial charge in [0.1, 0.15) is 22.7 Å². The van der Waals surface area contributed by atoms with Crippen molar-refractivity contribution < 1.29 is 14.6 Å². The van der Waals surface area contributed by atoms with Crippen LogP contribution >= 0.6 is 0 Å². The minimum atomic E-state index is -0.282. The van der Waals surface area contributed by atoms with Gasteiger partial charge in [0.2, 0.25) is 0 Å². The first-order valence-corrected chi connectivity index (χ1v) is 14.4. The molecule has 10 nitrogen and oxygen atoms in total. The van der Waals surface area contributed by atoms with Crippen molar-refractivity contribution in [3.63, 3.8) is 0 Å². The highest BCUT2D eigenvalue weighted by molar-refractivity contribution is 6.00. The van der Waals surface area contributed by atoms with Crippen LogP contribution in [0.2, 0.25) is 0 Å². The summed E-state index contributed by atoms with van der Waals surface area (Å²) in [6, 6.07) is 10.3. The number of hydrogen-bond acceptors (Lipinski definition) is 7. The zero-order chi connectivity index (χ0) is 27.3. The third kappa shape index (κ3) is 3.58. The molecule has 0 radical (unpaired) electrons. The first-order valence-electron chi connectivity index (χ1n) is 14.4. The number of aliphatic hydroxyl groups is 1. The summed E-state index contributed by atoms with van der Waals surface area (Å²) in [5.41, 5.74) is 10.5. The lowest BCUT2D eigenvalue weighted by molar-refractivity contribution is 0.0700. The van der Waals surface area contributed by atoms with E-state index in [0.717, 1.165) is 65.3 Å². The Morgan fingerprint density at radius 1 is 1.10 bits per heavy atom. The van der Waals surface area contributed by atoms with Gasteiger partial charge in [-0.15, -0.1) is 0 Å². The average Bonchev–Trinajstić information content (AvgIpc) is 3.35. The minimum absolute atomic E-state index is 0.00532. The summed E-state index contributed by atoms with van der Waals surface area (Å²) in [6.07, 6.45) is 4.24. The van der Waals surface area contributed by atoms with Gasteiger partial charge in [0, 0.05) is 56.3 Å². The smallest absolute Gasteiger partial charge is 0.254 e. The van der Waals surface area contributed by atoms with Crippen LogP contribution in [-0.2, 0) is 13.6 Å². The number of nitrogens with two attached hydrogens (primary N) is 1. The molecule has 4 aromatic rings. The number of aromatic nitrogens is 4. The number of amides is 1. The molecule has 2 saturated carbocycles. The number of anilines is 1. The third-order valence-electron chi connectivity index (χ3n) is 9.60. The molecule has 0 spiro atoms. The average molecular weight is 542 g/mol. The quantitative estimate of drug-likeness (QED) is 0.386. The number of benzene rings is 1. The molecule has 40 heavy (non-hydrogen) atoms. The van der Waals surface area contributed by atoms with Gasteiger partial charge in [0.15, 0.2) is 5.82 Å². The Balaban J connectivity index is 1.23. The van der Waals surface area contributed by atoms with E-state index in [-0.39, 0.29) is 24.1 Å². The maximum Gasteiger partial charge on any atom is 0.254 e. The number of aryl methyl sites for hydroxylation is 1. The molecular weight excluding hydrogens is 506 g/mol. The summed E-state index contributed by atoms with van der Waals surface area (Å²) in [4.78, 5) is 27.8. The lowest BCUT2D eigenvalue weighted by atomic mass is 10.1. The normalized spacial score (nSPS) is 24.4. The van der Waals surface area contributed by atoms with Crippen LogP contribution in [0.1, 0.15) is 36.0 Å². The molecule has 3 N–H and O–H groups in total. The second-order valence-electron chi connectivity index (χ2n) is 12.2. The van der Waals surface area contributed by atoms with E-state index in [4.69, 9.17) is 20.4 Å². The molecule has 2 aliphatic heterocycles. The number of piperidine rings is 1. The number of carbonyl (C=O) groups is 1. The van der Waals surface area contributed by atoms with Crippen LogP contribution in [0.15, 0.2) is 30.3 Å². The molecule has 208 valence electrons. The van der Waals surface area contributed by atoms with E-state index in [1.165, 1.54) is 12.8 Å². The van der Waals surface area contributed by atoms with Crippen molar-refractivity contribution in [1.29, 1.82) is 0 Å². The standard InChI is InChI=1S/C30H35N7O3/c1-34-27-21(9-19(11-24(27)40-2)30(39)37-13-18-5-7-22(37)26(18)31)32-29(34)23-10-17-6-8-25(35-14-20(38)15-35)33-28(17)36(23)12-16-3-4-16/h6,8-11,16,18,20,22,26,38H,3-5,7,12-15,31H2,1-2H3/t18?,22?,26-/m1/s1. The Labute approximate surface area is 232 Å². The Kier molecular flexibility index (Phi) is 5.25. The van der Waals surface area contributed by atoms with Crippen molar-refractivity contribution in [1.82, 2.24) is 24.0 Å². The van der Waals surface area contributed by atoms with Crippen LogP contribution in [0.4, 0.5) is 5.82 Å². The van der Waals surface area contributed by atoms with Gasteiger partial charge in [0.25, 0.3) is 5.91 Å². The molecule has 2 aliphatic carbocycles. The number of fused-ring (bicyclic) bond motifs is 4. The monoisotopic (exact) mass is 541 g/mol. The number of methoxy groups -OCH3 is 1. The third-order valence-corrected chi connectivity index (χ3v) is 9.60. The molecule has 5 heterocycles. The van der Waals surface area contributed by atoms with Crippen molar-refractivity contribution in [3.8, 4) is 17.3 Å². The molecule has 8 rings (SSSR count). The molecule has 4 aliphatic rings. The van der Waals surface area contributed by atoms with Crippen molar-refractivity contribution in [2.45, 2.75) is 50.4 Å². The largest absolute Gasteiger partial charge is 0.494 e. The fourth-order valence-corrected chi connectivity index (χ4v) is 7.13. The second kappa shape index (κ2) is 8.68. The van der Waals surface area contributed by atoms with Crippen molar-refractivity contribution in [3.05, 3.63) is 35.9 Å². The van der Waals surface area contributed by atoms with Crippen LogP contribution in [0.25, 0.3) is 33.6 Å². The Hall–Kier alpha value is -3.63. The highest BCUT2D eigenvalue weighted by Crippen LogP contribution is 2.40. The molecule has 1 amide bonds. The SMILES string of the molecule is COc1cc(C(=O)N2CC3CCC2[C@@H]3N)cc2nc(-c3cc4ccc(N5CC(O)C5)nc4n3CC3CC3)n(C)c12. The van der Waals surface area contributed by atoms with Gasteiger partial charge in [0.05, 0.1) is 24.4 Å². The number of pyridine rings is 1. The number of hydrogen-bond donors (Lipinski definition) is 2. The fraction of sp³-hybridized carbons (Fsp3) is 0.500. The number of β-amino-alcohol motifs (C(OH)–C–C–N with tert-alkyl or cyclic N) is 1. The molecule has 2 saturated heterocycles. The predicted molar refractivity (Wildman–Crippen MR) is 152 cm³/mol. The molecule has 4 fully saturated rings. The highest BCUT2D eigenvalue weighted by atomic mass is 16.5. The lowest BCUT2D eigenvalue weighted by Gasteiger charge is -2.36. The van der Waals surface area contributed by atoms with Crippen molar-refractivity contribution in [2.24, 2.45) is 24.6 Å². The highest BCUT2D eigenvalue weighted by Gasteiger charge is 2.47. The summed E-state index contributed by atoms with van der Waals surface area (Å²) < 4.78 is 10.2. The van der Waals surface area contributed by atoms with Crippen molar-refractivity contribution in [2.75, 3.05) is 31.6 Å². The van der Waals surface area contributed by atoms with Crippen LogP contribution in [0.3, 0.4) is 0 Å². The predicted octanol–water partition coefficient (Wildman–Crippen LogP) is 2.75. The van der Waals surface area contributed by atoms with E-state index >= 15 is 0 Å². The first kappa shape index (κ1) is 24.2. The molecular formula is C30H35N7O3. The first-order chi connectivity index (χ1) is 19.4. The van der Waals surface area contributed by atoms with Gasteiger partial charge in [-0.05, 0) is 67.9 Å². The van der Waals surface area contributed by atoms with E-state index < -0.39 is 0 Å². The van der Waals surface area contributed by atoms with Gasteiger partial charge in [-0.1, -0.05) is 0 Å². The molecule has 2 unspecified atom stereocenters. The number of carbonyl (C=O) groups excluding carboxylic acids is 1. The molecule has 2 bridgehead atoms. The van der Waals surface area contributed by atoms with Crippen LogP contribution < -0.4 is 15.4 Å².